The number of hydrogen-bond donors (Lipinski definition) is 6. The number of anilines is 2. The van der Waals surface area contributed by atoms with Crippen LogP contribution in [0.4, 0.5) is 11.6 Å². The summed E-state index contributed by atoms with van der Waals surface area (Å²) in [5.74, 6) is -0.437. The number of benzene rings is 1. The molecule has 1 aliphatic heterocycles. The minimum atomic E-state index is -1.41. The maximum Gasteiger partial charge on any atom is 0.245 e. The fraction of sp³-hybridized carbons (Fsp3) is 0.381. The van der Waals surface area contributed by atoms with E-state index in [2.05, 4.69) is 20.6 Å². The van der Waals surface area contributed by atoms with Crippen LogP contribution in [0.3, 0.4) is 0 Å². The van der Waals surface area contributed by atoms with Gasteiger partial charge in [-0.25, -0.2) is 9.97 Å². The number of nitrogens with one attached hydrogen (secondary N) is 3. The summed E-state index contributed by atoms with van der Waals surface area (Å²) in [6.07, 6.45) is 1.92. The summed E-state index contributed by atoms with van der Waals surface area (Å²) < 4.78 is 0. The van der Waals surface area contributed by atoms with Gasteiger partial charge in [-0.15, -0.1) is 0 Å². The van der Waals surface area contributed by atoms with Gasteiger partial charge in [0.05, 0.1) is 13.2 Å². The van der Waals surface area contributed by atoms with Gasteiger partial charge in [-0.1, -0.05) is 12.1 Å². The number of aromatic nitrogens is 2. The molecule has 3 rings (SSSR count). The zero-order valence-electron chi connectivity index (χ0n) is 18.0. The molecule has 2 amide bonds. The van der Waals surface area contributed by atoms with E-state index in [1.54, 1.807) is 47.6 Å². The Hall–Kier alpha value is -3.77. The highest BCUT2D eigenvalue weighted by Gasteiger charge is 2.28. The molecule has 0 spiro atoms. The summed E-state index contributed by atoms with van der Waals surface area (Å²) >= 11 is 0. The number of nitrogens with zero attached hydrogens (tertiary/aromatic N) is 4. The summed E-state index contributed by atoms with van der Waals surface area (Å²) in [7, 11) is 0. The number of rotatable bonds is 9. The topological polar surface area (TPSA) is 181 Å². The lowest BCUT2D eigenvalue weighted by Crippen LogP contribution is -2.54. The van der Waals surface area contributed by atoms with E-state index < -0.39 is 24.7 Å². The molecule has 7 N–H and O–H groups in total. The monoisotopic (exact) mass is 456 g/mol. The average molecular weight is 457 g/mol. The molecule has 33 heavy (non-hydrogen) atoms. The van der Waals surface area contributed by atoms with E-state index in [4.69, 9.17) is 11.1 Å². The minimum Gasteiger partial charge on any atom is -0.394 e. The van der Waals surface area contributed by atoms with Crippen molar-refractivity contribution in [2.45, 2.75) is 12.1 Å². The van der Waals surface area contributed by atoms with Crippen molar-refractivity contribution < 1.29 is 19.8 Å². The standard InChI is InChI=1S/C21H28N8O4/c22-19(23)14-3-1-4-15(11-14)27-18(16(31)13-30)20(33)26-12-17(32)28-7-9-29(10-8-28)21-24-5-2-6-25-21/h1-6,11,16,18,27,30-31H,7-10,12-13H2,(H3,22,23)(H,26,33). The molecule has 1 aromatic heterocycles. The predicted molar refractivity (Wildman–Crippen MR) is 122 cm³/mol. The van der Waals surface area contributed by atoms with Gasteiger partial charge in [-0.05, 0) is 18.2 Å². The van der Waals surface area contributed by atoms with Gasteiger partial charge < -0.3 is 36.4 Å². The molecule has 1 saturated heterocycles. The first kappa shape index (κ1) is 23.9. The highest BCUT2D eigenvalue weighted by atomic mass is 16.3. The first-order valence-corrected chi connectivity index (χ1v) is 10.5. The number of piperazine rings is 1. The number of carbonyl (C=O) groups excluding carboxylic acids is 2. The molecule has 12 heteroatoms. The van der Waals surface area contributed by atoms with Gasteiger partial charge in [0.25, 0.3) is 0 Å². The van der Waals surface area contributed by atoms with E-state index in [1.165, 1.54) is 0 Å². The van der Waals surface area contributed by atoms with Crippen LogP contribution >= 0.6 is 0 Å². The quantitative estimate of drug-likeness (QED) is 0.190. The third-order valence-corrected chi connectivity index (χ3v) is 5.23. The van der Waals surface area contributed by atoms with Crippen LogP contribution < -0.4 is 21.3 Å². The SMILES string of the molecule is N=C(N)c1cccc(NC(C(=O)NCC(=O)N2CCN(c3ncccn3)CC2)C(O)CO)c1. The predicted octanol–water partition coefficient (Wildman–Crippen LogP) is -1.64. The average Bonchev–Trinajstić information content (AvgIpc) is 2.86. The van der Waals surface area contributed by atoms with Crippen molar-refractivity contribution >= 4 is 29.3 Å². The number of amidine groups is 1. The lowest BCUT2D eigenvalue weighted by atomic mass is 10.1. The number of aliphatic hydroxyl groups is 2. The fourth-order valence-corrected chi connectivity index (χ4v) is 3.39. The van der Waals surface area contributed by atoms with Crippen molar-refractivity contribution in [1.82, 2.24) is 20.2 Å². The van der Waals surface area contributed by atoms with E-state index in [1.807, 2.05) is 4.90 Å². The van der Waals surface area contributed by atoms with E-state index in [9.17, 15) is 19.8 Å². The van der Waals surface area contributed by atoms with Crippen molar-refractivity contribution in [3.05, 3.63) is 48.3 Å². The number of nitrogens with two attached hydrogens (primary N) is 1. The Morgan fingerprint density at radius 3 is 2.48 bits per heavy atom. The van der Waals surface area contributed by atoms with Gasteiger partial charge in [0, 0.05) is 49.8 Å². The fourth-order valence-electron chi connectivity index (χ4n) is 3.39. The number of amides is 2. The lowest BCUT2D eigenvalue weighted by Gasteiger charge is -2.34. The second-order valence-corrected chi connectivity index (χ2v) is 7.50. The van der Waals surface area contributed by atoms with E-state index in [0.717, 1.165) is 0 Å². The zero-order chi connectivity index (χ0) is 23.8. The Labute approximate surface area is 190 Å². The van der Waals surface area contributed by atoms with Crippen molar-refractivity contribution in [1.29, 1.82) is 5.41 Å². The van der Waals surface area contributed by atoms with Gasteiger partial charge in [0.1, 0.15) is 18.0 Å². The van der Waals surface area contributed by atoms with Crippen molar-refractivity contribution in [2.24, 2.45) is 5.73 Å². The maximum atomic E-state index is 12.7. The van der Waals surface area contributed by atoms with Gasteiger partial charge >= 0.3 is 0 Å². The molecule has 1 aliphatic rings. The molecule has 176 valence electrons. The lowest BCUT2D eigenvalue weighted by molar-refractivity contribution is -0.134. The van der Waals surface area contributed by atoms with Crippen LogP contribution in [0.25, 0.3) is 0 Å². The number of nitrogen functional groups attached to an aromatic ring is 1. The van der Waals surface area contributed by atoms with E-state index >= 15 is 0 Å². The smallest absolute Gasteiger partial charge is 0.245 e. The molecular formula is C21H28N8O4. The van der Waals surface area contributed by atoms with Crippen LogP contribution in [0.15, 0.2) is 42.7 Å². The third kappa shape index (κ3) is 6.37. The number of aliphatic hydroxyl groups excluding tert-OH is 2. The van der Waals surface area contributed by atoms with E-state index in [-0.39, 0.29) is 18.3 Å². The van der Waals surface area contributed by atoms with Gasteiger partial charge in [0.2, 0.25) is 17.8 Å². The van der Waals surface area contributed by atoms with Crippen LogP contribution in [-0.4, -0.2) is 94.2 Å². The molecule has 1 aromatic carbocycles. The molecule has 0 saturated carbocycles. The molecule has 2 atom stereocenters. The van der Waals surface area contributed by atoms with Crippen LogP contribution in [0, 0.1) is 5.41 Å². The third-order valence-electron chi connectivity index (χ3n) is 5.23. The van der Waals surface area contributed by atoms with Crippen LogP contribution in [-0.2, 0) is 9.59 Å². The highest BCUT2D eigenvalue weighted by molar-refractivity contribution is 5.96. The van der Waals surface area contributed by atoms with Gasteiger partial charge in [0.15, 0.2) is 0 Å². The van der Waals surface area contributed by atoms with Crippen LogP contribution in [0.1, 0.15) is 5.56 Å². The molecular weight excluding hydrogens is 428 g/mol. The molecule has 0 bridgehead atoms. The Morgan fingerprint density at radius 1 is 1.15 bits per heavy atom. The number of carbonyl (C=O) groups is 2. The van der Waals surface area contributed by atoms with Crippen molar-refractivity contribution in [2.75, 3.05) is 49.5 Å². The first-order valence-electron chi connectivity index (χ1n) is 10.5. The Kier molecular flexibility index (Phi) is 8.11. The highest BCUT2D eigenvalue weighted by Crippen LogP contribution is 2.13. The molecule has 12 nitrogen and oxygen atoms in total. The number of hydrogen-bond acceptors (Lipinski definition) is 9. The molecule has 2 heterocycles. The molecule has 2 unspecified atom stereocenters. The normalized spacial score (nSPS) is 15.5. The van der Waals surface area contributed by atoms with Gasteiger partial charge in [-0.3, -0.25) is 15.0 Å². The Balaban J connectivity index is 1.54. The molecule has 0 radical (unpaired) electrons. The van der Waals surface area contributed by atoms with E-state index in [0.29, 0.717) is 43.4 Å². The molecule has 2 aromatic rings. The Bertz CT molecular complexity index is 966. The summed E-state index contributed by atoms with van der Waals surface area (Å²) in [5.41, 5.74) is 6.36. The molecule has 0 aliphatic carbocycles. The summed E-state index contributed by atoms with van der Waals surface area (Å²) in [6.45, 7) is 1.17. The second-order valence-electron chi connectivity index (χ2n) is 7.50. The summed E-state index contributed by atoms with van der Waals surface area (Å²) in [4.78, 5) is 37.3. The summed E-state index contributed by atoms with van der Waals surface area (Å²) in [5, 5.41) is 32.4. The van der Waals surface area contributed by atoms with Crippen molar-refractivity contribution in [3.8, 4) is 0 Å². The van der Waals surface area contributed by atoms with Crippen LogP contribution in [0.2, 0.25) is 0 Å². The summed E-state index contributed by atoms with van der Waals surface area (Å²) in [6, 6.07) is 6.99. The van der Waals surface area contributed by atoms with Gasteiger partial charge in [-0.2, -0.15) is 0 Å². The van der Waals surface area contributed by atoms with Crippen LogP contribution in [0.5, 0.6) is 0 Å². The second kappa shape index (κ2) is 11.2. The zero-order valence-corrected chi connectivity index (χ0v) is 18.0. The minimum absolute atomic E-state index is 0.146. The van der Waals surface area contributed by atoms with Crippen molar-refractivity contribution in [3.63, 3.8) is 0 Å². The first-order chi connectivity index (χ1) is 15.9. The largest absolute Gasteiger partial charge is 0.394 e. The maximum absolute atomic E-state index is 12.7. The Morgan fingerprint density at radius 2 is 1.85 bits per heavy atom. The molecule has 1 fully saturated rings.